The molecule has 0 aromatic rings. The second-order valence-corrected chi connectivity index (χ2v) is 18.1. The molecule has 45 heavy (non-hydrogen) atoms. The highest BCUT2D eigenvalue weighted by Gasteiger charge is 2.17. The van der Waals surface area contributed by atoms with E-state index in [1.165, 1.54) is 20.1 Å². The van der Waals surface area contributed by atoms with E-state index in [1.54, 1.807) is 55.4 Å². The molecule has 0 atom stereocenters. The molecule has 0 aromatic carbocycles. The fourth-order valence-corrected chi connectivity index (χ4v) is 3.09. The number of sulfone groups is 2. The van der Waals surface area contributed by atoms with Crippen LogP contribution >= 0.6 is 0 Å². The predicted octanol–water partition coefficient (Wildman–Crippen LogP) is 2.96. The molecule has 1 aliphatic rings. The van der Waals surface area contributed by atoms with Gasteiger partial charge in [-0.2, -0.15) is 5.11 Å². The fraction of sp³-hybridized carbons (Fsp3) is 0.815. The Kier molecular flexibility index (Phi) is 28.4. The van der Waals surface area contributed by atoms with Crippen molar-refractivity contribution in [3.63, 3.8) is 0 Å². The van der Waals surface area contributed by atoms with Crippen LogP contribution in [0.15, 0.2) is 15.4 Å². The predicted molar refractivity (Wildman–Crippen MR) is 180 cm³/mol. The van der Waals surface area contributed by atoms with E-state index < -0.39 is 40.9 Å². The summed E-state index contributed by atoms with van der Waals surface area (Å²) in [4.78, 5) is 41.9. The minimum absolute atomic E-state index is 0. The summed E-state index contributed by atoms with van der Waals surface area (Å²) in [5.41, 5.74) is 1.09. The number of amides is 3. The molecule has 0 saturated heterocycles. The molecule has 2 N–H and O–H groups in total. The van der Waals surface area contributed by atoms with Gasteiger partial charge in [0.15, 0.2) is 9.84 Å². The quantitative estimate of drug-likeness (QED) is 0.374. The highest BCUT2D eigenvalue weighted by molar-refractivity contribution is 7.92. The number of nitrogens with one attached hydrogen (secondary N) is 2. The summed E-state index contributed by atoms with van der Waals surface area (Å²) in [6.45, 7) is 20.7. The van der Waals surface area contributed by atoms with Crippen LogP contribution in [-0.4, -0.2) is 89.8 Å². The third-order valence-corrected chi connectivity index (χ3v) is 9.28. The van der Waals surface area contributed by atoms with E-state index in [0.717, 1.165) is 12.0 Å². The molecule has 268 valence electrons. The summed E-state index contributed by atoms with van der Waals surface area (Å²) in [6, 6.07) is 0. The summed E-state index contributed by atoms with van der Waals surface area (Å²) < 4.78 is 65.2. The van der Waals surface area contributed by atoms with Crippen molar-refractivity contribution >= 4 is 58.9 Å². The van der Waals surface area contributed by atoms with Crippen molar-refractivity contribution < 1.29 is 44.4 Å². The van der Waals surface area contributed by atoms with Crippen LogP contribution in [0.4, 0.5) is 0 Å². The van der Waals surface area contributed by atoms with Crippen molar-refractivity contribution in [2.45, 2.75) is 101 Å². The average Bonchev–Trinajstić information content (AvgIpc) is 3.33. The van der Waals surface area contributed by atoms with Crippen LogP contribution in [0, 0.1) is 17.8 Å². The molecule has 1 rings (SSSR count). The lowest BCUT2D eigenvalue weighted by atomic mass is 10.1. The van der Waals surface area contributed by atoms with Gasteiger partial charge in [0.25, 0.3) is 0 Å². The number of sulfonamides is 1. The van der Waals surface area contributed by atoms with E-state index in [9.17, 15) is 44.4 Å². The van der Waals surface area contributed by atoms with Crippen LogP contribution in [0.3, 0.4) is 0 Å². The van der Waals surface area contributed by atoms with E-state index in [2.05, 4.69) is 34.6 Å². The number of hydrogen-bond donors (Lipinski definition) is 2. The van der Waals surface area contributed by atoms with Crippen molar-refractivity contribution in [1.82, 2.24) is 10.0 Å². The molecular formula is C27H57N5O10S3. The first-order valence-electron chi connectivity index (χ1n) is 13.6. The Morgan fingerprint density at radius 1 is 0.733 bits per heavy atom. The molecule has 1 aliphatic heterocycles. The smallest absolute Gasteiger partial charge is 0.235 e. The topological polar surface area (TPSA) is 232 Å². The van der Waals surface area contributed by atoms with Gasteiger partial charge in [0.1, 0.15) is 27.9 Å². The van der Waals surface area contributed by atoms with Crippen molar-refractivity contribution in [2.24, 2.45) is 33.2 Å². The number of rotatable bonds is 8. The van der Waals surface area contributed by atoms with E-state index >= 15 is 0 Å². The number of nitrogens with zero attached hydrogens (tertiary/aromatic N) is 3. The summed E-state index contributed by atoms with van der Waals surface area (Å²) in [6.07, 6.45) is 2.19. The minimum atomic E-state index is -3.37. The molecule has 0 spiro atoms. The third-order valence-electron chi connectivity index (χ3n) is 4.75. The Morgan fingerprint density at radius 2 is 1.13 bits per heavy atom. The molecule has 0 radical (unpaired) electrons. The zero-order chi connectivity index (χ0) is 36.2. The minimum Gasteiger partial charge on any atom is -0.299 e. The van der Waals surface area contributed by atoms with Gasteiger partial charge in [-0.15, -0.1) is 5.10 Å². The van der Waals surface area contributed by atoms with Gasteiger partial charge in [-0.1, -0.05) is 49.0 Å². The Balaban J connectivity index is -0.000000148. The second kappa shape index (κ2) is 24.6. The first kappa shape index (κ1) is 52.0. The van der Waals surface area contributed by atoms with Gasteiger partial charge >= 0.3 is 0 Å². The number of carbonyl (C=O) groups is 4. The van der Waals surface area contributed by atoms with Crippen LogP contribution in [-0.2, 0) is 48.9 Å². The van der Waals surface area contributed by atoms with Crippen molar-refractivity contribution in [1.29, 1.82) is 0 Å². The summed E-state index contributed by atoms with van der Waals surface area (Å²) >= 11 is 0. The van der Waals surface area contributed by atoms with Crippen LogP contribution in [0.25, 0.3) is 0 Å². The molecule has 0 unspecified atom stereocenters. The van der Waals surface area contributed by atoms with E-state index in [-0.39, 0.29) is 47.9 Å². The van der Waals surface area contributed by atoms with Gasteiger partial charge in [0.2, 0.25) is 27.7 Å². The number of imide groups is 1. The number of Topliss-reactive ketones (excluding diaryl/α,β-unsaturated/α-hetero) is 1. The molecule has 15 nitrogen and oxygen atoms in total. The second-order valence-electron chi connectivity index (χ2n) is 11.2. The number of hydrogen-bond acceptors (Lipinski definition) is 13. The van der Waals surface area contributed by atoms with Crippen molar-refractivity contribution in [2.75, 3.05) is 24.8 Å². The Hall–Kier alpha value is -2.60. The third kappa shape index (κ3) is 35.7. The van der Waals surface area contributed by atoms with Gasteiger partial charge in [-0.3, -0.25) is 29.2 Å². The maximum absolute atomic E-state index is 10.9. The number of carbonyl (C=O) groups excluding carboxylic acids is 4. The molecular weight excluding hydrogens is 651 g/mol. The summed E-state index contributed by atoms with van der Waals surface area (Å²) in [7, 11) is -9.26. The Labute approximate surface area is 271 Å². The van der Waals surface area contributed by atoms with Crippen molar-refractivity contribution in [3.8, 4) is 0 Å². The molecule has 18 heteroatoms. The highest BCUT2D eigenvalue weighted by atomic mass is 32.2. The Bertz CT molecular complexity index is 1300. The first-order chi connectivity index (χ1) is 19.5. The lowest BCUT2D eigenvalue weighted by molar-refractivity contribution is -0.131. The zero-order valence-electron chi connectivity index (χ0n) is 28.4. The SMILES string of the molecule is C.CC(=O)CS(=O)(=O)C(C)C.CC(=O)NC(=O)C(C)C.CC(C)C(=O)NS(C)(=O)=O.CC(C)C1=NN=NC1.CC(C)S(C)(=O)=O. The monoisotopic (exact) mass is 707 g/mol. The molecule has 0 bridgehead atoms. The van der Waals surface area contributed by atoms with Crippen LogP contribution < -0.4 is 10.0 Å². The van der Waals surface area contributed by atoms with E-state index in [1.807, 2.05) is 4.72 Å². The van der Waals surface area contributed by atoms with Gasteiger partial charge in [-0.25, -0.2) is 25.3 Å². The van der Waals surface area contributed by atoms with Crippen molar-refractivity contribution in [3.05, 3.63) is 0 Å². The lowest BCUT2D eigenvalue weighted by Crippen LogP contribution is -2.32. The van der Waals surface area contributed by atoms with E-state index in [4.69, 9.17) is 0 Å². The zero-order valence-corrected chi connectivity index (χ0v) is 30.9. The van der Waals surface area contributed by atoms with Gasteiger partial charge in [-0.05, 0) is 45.8 Å². The molecule has 0 saturated carbocycles. The standard InChI is InChI=1S/C6H11NO2.C6H12O3S.C5H9N3.C5H11NO3S.C4H10O2S.CH4/c1-4(2)6(9)7-5(3)8;1-5(2)10(8,9)4-6(3)7;1-4(2)5-3-6-8-7-5;1-4(2)5(7)6-10(3,8)9;1-4(2)7(3,5)6;/h4H,1-3H3,(H,7,8,9);5H,4H2,1-3H3;4H,3H2,1-2H3;4H,1-3H3,(H,6,7);4H,1-3H3;1H4. The first-order valence-corrected chi connectivity index (χ1v) is 19.2. The lowest BCUT2D eigenvalue weighted by Gasteiger charge is -2.03. The number of ketones is 1. The Morgan fingerprint density at radius 3 is 1.24 bits per heavy atom. The normalized spacial score (nSPS) is 12.2. The van der Waals surface area contributed by atoms with Gasteiger partial charge < -0.3 is 0 Å². The maximum Gasteiger partial charge on any atom is 0.235 e. The van der Waals surface area contributed by atoms with Gasteiger partial charge in [0, 0.05) is 25.0 Å². The fourth-order valence-electron chi connectivity index (χ4n) is 1.59. The van der Waals surface area contributed by atoms with Gasteiger partial charge in [0.05, 0.1) is 22.5 Å². The summed E-state index contributed by atoms with van der Waals surface area (Å²) in [5.74, 6) is -1.52. The van der Waals surface area contributed by atoms with Crippen LogP contribution in [0.1, 0.15) is 90.5 Å². The van der Waals surface area contributed by atoms with Crippen LogP contribution in [0.2, 0.25) is 0 Å². The average molecular weight is 708 g/mol. The molecule has 0 aliphatic carbocycles. The summed E-state index contributed by atoms with van der Waals surface area (Å²) in [5, 5.41) is 12.5. The van der Waals surface area contributed by atoms with E-state index in [0.29, 0.717) is 12.5 Å². The maximum atomic E-state index is 10.9. The van der Waals surface area contributed by atoms with Crippen LogP contribution in [0.5, 0.6) is 0 Å². The highest BCUT2D eigenvalue weighted by Crippen LogP contribution is 2.03. The molecule has 0 aromatic heterocycles. The molecule has 0 fully saturated rings. The molecule has 3 amide bonds. The molecule has 1 heterocycles. The largest absolute Gasteiger partial charge is 0.299 e.